The van der Waals surface area contributed by atoms with E-state index < -0.39 is 131 Å². The van der Waals surface area contributed by atoms with Gasteiger partial charge in [-0.1, -0.05) is 0 Å². The number of aliphatic hydroxyl groups is 2. The fourth-order valence-electron chi connectivity index (χ4n) is 9.04. The minimum absolute atomic E-state index is 0.0606. The lowest BCUT2D eigenvalue weighted by Crippen LogP contribution is -2.88. The van der Waals surface area contributed by atoms with Gasteiger partial charge in [-0.25, -0.2) is 14.4 Å². The lowest BCUT2D eigenvalue weighted by molar-refractivity contribution is -0.377. The van der Waals surface area contributed by atoms with Crippen LogP contribution < -0.4 is 0 Å². The van der Waals surface area contributed by atoms with Crippen molar-refractivity contribution in [1.29, 1.82) is 0 Å². The highest BCUT2D eigenvalue weighted by molar-refractivity contribution is 5.94. The Kier molecular flexibility index (Phi) is 11.0. The first-order valence-electron chi connectivity index (χ1n) is 18.4. The standard InChI is InChI=1S/C39H43NO19/c1-18(41)52-17-38-29(55-20(3)43)26(45)25-28(46)39(38)37(7,50)30(27(54-19(2)42)31(38)56-21(4)44)57-34(49)35(5,58-32(47)22-11-14-51-15-22)12-10-24-23(9-8-13-40-24)33(48)53-16-36(25,6)59-39/h8-9,11,13-15,25,27-31,46,50H,10,12,16-17H2,1-7H3/t25-,27+,28-,29-,30+,31+,35?,36+,37+,38-,39+/m1/s1. The molecule has 1 saturated heterocycles. The first kappa shape index (κ1) is 42.9. The largest absolute Gasteiger partial charge is 0.472 e. The summed E-state index contributed by atoms with van der Waals surface area (Å²) in [7, 11) is 0. The van der Waals surface area contributed by atoms with E-state index in [-0.39, 0.29) is 23.2 Å². The molecule has 0 radical (unpaired) electrons. The van der Waals surface area contributed by atoms with Gasteiger partial charge in [0.05, 0.1) is 35.1 Å². The monoisotopic (exact) mass is 829 g/mol. The van der Waals surface area contributed by atoms with E-state index in [4.69, 9.17) is 42.3 Å². The fourth-order valence-corrected chi connectivity index (χ4v) is 9.04. The molecule has 2 aliphatic carbocycles. The van der Waals surface area contributed by atoms with Crippen molar-refractivity contribution in [3.8, 4) is 0 Å². The molecule has 2 saturated carbocycles. The lowest BCUT2D eigenvalue weighted by Gasteiger charge is -2.66. The molecule has 6 rings (SSSR count). The molecule has 4 aliphatic rings. The summed E-state index contributed by atoms with van der Waals surface area (Å²) in [5.41, 5.74) is -13.3. The van der Waals surface area contributed by atoms with Gasteiger partial charge in [-0.3, -0.25) is 29.0 Å². The van der Waals surface area contributed by atoms with Crippen molar-refractivity contribution < 1.29 is 90.9 Å². The molecule has 0 amide bonds. The summed E-state index contributed by atoms with van der Waals surface area (Å²) in [6, 6.07) is 4.03. The fraction of sp³-hybridized carbons (Fsp3) is 0.564. The molecular formula is C39H43NO19. The predicted molar refractivity (Wildman–Crippen MR) is 188 cm³/mol. The molecule has 4 heterocycles. The molecule has 1 spiro atoms. The van der Waals surface area contributed by atoms with Gasteiger partial charge in [-0.05, 0) is 45.4 Å². The van der Waals surface area contributed by atoms with E-state index in [1.165, 1.54) is 37.6 Å². The number of ketones is 1. The number of pyridine rings is 1. The van der Waals surface area contributed by atoms with Crippen LogP contribution in [0, 0.1) is 11.3 Å². The zero-order valence-electron chi connectivity index (χ0n) is 33.0. The van der Waals surface area contributed by atoms with Gasteiger partial charge in [0.15, 0.2) is 30.2 Å². The lowest BCUT2D eigenvalue weighted by atomic mass is 9.45. The third-order valence-electron chi connectivity index (χ3n) is 11.5. The van der Waals surface area contributed by atoms with Crippen molar-refractivity contribution in [2.75, 3.05) is 13.2 Å². The van der Waals surface area contributed by atoms with Gasteiger partial charge in [0.2, 0.25) is 5.60 Å². The van der Waals surface area contributed by atoms with Gasteiger partial charge in [0.1, 0.15) is 41.7 Å². The average molecular weight is 830 g/mol. The predicted octanol–water partition coefficient (Wildman–Crippen LogP) is 0.502. The number of aliphatic hydroxyl groups excluding tert-OH is 1. The minimum atomic E-state index is -2.97. The molecule has 3 fully saturated rings. The Balaban J connectivity index is 1.68. The van der Waals surface area contributed by atoms with Gasteiger partial charge in [-0.15, -0.1) is 0 Å². The molecule has 0 aromatic carbocycles. The maximum atomic E-state index is 14.9. The van der Waals surface area contributed by atoms with E-state index in [1.807, 2.05) is 0 Å². The number of Topliss-reactive ketones (excluding diaryl/α,β-unsaturated/α-hetero) is 1. The van der Waals surface area contributed by atoms with Crippen LogP contribution in [0.3, 0.4) is 0 Å². The SMILES string of the molecule is CC(=O)OC[C@]12[C@H](OC(C)=O)C(=O)[C@@H]3[C@@H](O)[C@@]14O[C@@]3(C)COC(=O)c1cccnc1CCC(C)(OC(=O)c1ccoc1)C(=O)O[C@@H]([C@H](OC(C)=O)[C@@H]2OC(C)=O)[C@]4(C)O. The number of aromatic nitrogens is 1. The van der Waals surface area contributed by atoms with E-state index in [0.29, 0.717) is 0 Å². The Morgan fingerprint density at radius 3 is 2.22 bits per heavy atom. The summed E-state index contributed by atoms with van der Waals surface area (Å²) < 4.78 is 51.9. The topological polar surface area (TPSA) is 277 Å². The smallest absolute Gasteiger partial charge is 0.350 e. The number of carbonyl (C=O) groups is 8. The molecule has 20 heteroatoms. The van der Waals surface area contributed by atoms with Crippen LogP contribution >= 0.6 is 0 Å². The molecule has 2 aromatic rings. The van der Waals surface area contributed by atoms with Gasteiger partial charge in [0.25, 0.3) is 0 Å². The van der Waals surface area contributed by atoms with Crippen LogP contribution in [0.5, 0.6) is 0 Å². The summed E-state index contributed by atoms with van der Waals surface area (Å²) in [4.78, 5) is 113. The van der Waals surface area contributed by atoms with Gasteiger partial charge >= 0.3 is 41.8 Å². The van der Waals surface area contributed by atoms with Gasteiger partial charge in [0, 0.05) is 40.3 Å². The third-order valence-corrected chi connectivity index (χ3v) is 11.5. The van der Waals surface area contributed by atoms with Crippen molar-refractivity contribution in [2.45, 2.75) is 114 Å². The number of rotatable bonds is 7. The number of cyclic esters (lactones) is 1. The molecule has 1 unspecified atom stereocenters. The Hall–Kier alpha value is -5.73. The molecule has 11 atom stereocenters. The van der Waals surface area contributed by atoms with Crippen LogP contribution in [-0.2, 0) is 73.1 Å². The number of hydrogen-bond donors (Lipinski definition) is 2. The highest BCUT2D eigenvalue weighted by atomic mass is 16.7. The van der Waals surface area contributed by atoms with Crippen LogP contribution in [0.25, 0.3) is 0 Å². The Morgan fingerprint density at radius 1 is 0.932 bits per heavy atom. The quantitative estimate of drug-likeness (QED) is 0.284. The van der Waals surface area contributed by atoms with Crippen LogP contribution in [-0.4, -0.2) is 129 Å². The van der Waals surface area contributed by atoms with Crippen LogP contribution in [0.1, 0.15) is 81.3 Å². The molecular weight excluding hydrogens is 786 g/mol. The number of carbonyl (C=O) groups excluding carboxylic acids is 8. The summed E-state index contributed by atoms with van der Waals surface area (Å²) in [6.45, 7) is 5.09. The average Bonchev–Trinajstić information content (AvgIpc) is 3.76. The minimum Gasteiger partial charge on any atom is -0.472 e. The van der Waals surface area contributed by atoms with Crippen molar-refractivity contribution in [3.05, 3.63) is 53.7 Å². The molecule has 2 N–H and O–H groups in total. The highest BCUT2D eigenvalue weighted by Crippen LogP contribution is 2.68. The van der Waals surface area contributed by atoms with Crippen molar-refractivity contribution in [2.24, 2.45) is 11.3 Å². The zero-order valence-corrected chi connectivity index (χ0v) is 33.0. The van der Waals surface area contributed by atoms with E-state index in [2.05, 4.69) is 4.98 Å². The van der Waals surface area contributed by atoms with Crippen molar-refractivity contribution >= 4 is 47.6 Å². The first-order chi connectivity index (χ1) is 27.6. The molecule has 2 aromatic heterocycles. The van der Waals surface area contributed by atoms with E-state index in [0.717, 1.165) is 47.8 Å². The van der Waals surface area contributed by atoms with E-state index in [1.54, 1.807) is 0 Å². The number of fused-ring (bicyclic) bond motifs is 5. The van der Waals surface area contributed by atoms with E-state index in [9.17, 15) is 48.6 Å². The highest BCUT2D eigenvalue weighted by Gasteiger charge is 2.90. The number of nitrogens with zero attached hydrogens (tertiary/aromatic N) is 1. The maximum Gasteiger partial charge on any atom is 0.350 e. The summed E-state index contributed by atoms with van der Waals surface area (Å²) in [5.74, 6) is -10.9. The summed E-state index contributed by atoms with van der Waals surface area (Å²) in [6.07, 6.45) is -8.37. The number of esters is 7. The summed E-state index contributed by atoms with van der Waals surface area (Å²) in [5, 5.41) is 25.8. The van der Waals surface area contributed by atoms with E-state index >= 15 is 0 Å². The van der Waals surface area contributed by atoms with Crippen LogP contribution in [0.4, 0.5) is 0 Å². The first-order valence-corrected chi connectivity index (χ1v) is 18.4. The Labute approximate surface area is 335 Å². The third kappa shape index (κ3) is 6.81. The number of ether oxygens (including phenoxy) is 8. The second-order valence-electron chi connectivity index (χ2n) is 15.6. The second kappa shape index (κ2) is 15.1. The molecule has 2 aliphatic heterocycles. The normalized spacial score (nSPS) is 36.4. The maximum absolute atomic E-state index is 14.9. The van der Waals surface area contributed by atoms with Crippen molar-refractivity contribution in [3.63, 3.8) is 0 Å². The van der Waals surface area contributed by atoms with Gasteiger partial charge in [-0.2, -0.15) is 0 Å². The van der Waals surface area contributed by atoms with Gasteiger partial charge < -0.3 is 52.5 Å². The Bertz CT molecular complexity index is 2080. The number of aryl methyl sites for hydroxylation is 1. The van der Waals surface area contributed by atoms with Crippen LogP contribution in [0.15, 0.2) is 41.3 Å². The summed E-state index contributed by atoms with van der Waals surface area (Å²) >= 11 is 0. The second-order valence-corrected chi connectivity index (χ2v) is 15.6. The molecule has 4 bridgehead atoms. The zero-order chi connectivity index (χ0) is 43.5. The molecule has 318 valence electrons. The number of hydrogen-bond acceptors (Lipinski definition) is 20. The van der Waals surface area contributed by atoms with Crippen LogP contribution in [0.2, 0.25) is 0 Å². The van der Waals surface area contributed by atoms with Crippen molar-refractivity contribution in [1.82, 2.24) is 4.98 Å². The molecule has 59 heavy (non-hydrogen) atoms. The Morgan fingerprint density at radius 2 is 1.61 bits per heavy atom. The molecule has 20 nitrogen and oxygen atoms in total. The number of furan rings is 1.